The summed E-state index contributed by atoms with van der Waals surface area (Å²) in [6, 6.07) is 13.2. The topological polar surface area (TPSA) is 35.6 Å². The first kappa shape index (κ1) is 20.2. The van der Waals surface area contributed by atoms with E-state index in [-0.39, 0.29) is 17.6 Å². The van der Waals surface area contributed by atoms with Crippen molar-refractivity contribution in [3.63, 3.8) is 0 Å². The van der Waals surface area contributed by atoms with Crippen molar-refractivity contribution in [2.45, 2.75) is 13.0 Å². The minimum absolute atomic E-state index is 0.219. The minimum Gasteiger partial charge on any atom is -0.325 e. The van der Waals surface area contributed by atoms with E-state index in [1.807, 2.05) is 25.1 Å². The Morgan fingerprint density at radius 2 is 1.79 bits per heavy atom. The van der Waals surface area contributed by atoms with Crippen LogP contribution in [0, 0.1) is 11.6 Å². The second-order valence-corrected chi connectivity index (χ2v) is 6.94. The van der Waals surface area contributed by atoms with Gasteiger partial charge in [0.15, 0.2) is 11.6 Å². The van der Waals surface area contributed by atoms with E-state index in [0.717, 1.165) is 44.9 Å². The van der Waals surface area contributed by atoms with Crippen LogP contribution in [0.2, 0.25) is 0 Å². The second kappa shape index (κ2) is 9.57. The van der Waals surface area contributed by atoms with Crippen LogP contribution in [0.3, 0.4) is 0 Å². The lowest BCUT2D eigenvalue weighted by molar-refractivity contribution is -0.121. The Morgan fingerprint density at radius 3 is 2.46 bits per heavy atom. The summed E-state index contributed by atoms with van der Waals surface area (Å²) in [5.41, 5.74) is 1.45. The highest BCUT2D eigenvalue weighted by atomic mass is 19.2. The third kappa shape index (κ3) is 5.47. The predicted molar refractivity (Wildman–Crippen MR) is 108 cm³/mol. The van der Waals surface area contributed by atoms with Gasteiger partial charge in [0.2, 0.25) is 5.91 Å². The second-order valence-electron chi connectivity index (χ2n) is 6.94. The molecule has 1 aliphatic heterocycles. The molecule has 0 aliphatic carbocycles. The van der Waals surface area contributed by atoms with Crippen molar-refractivity contribution in [1.82, 2.24) is 9.80 Å². The average Bonchev–Trinajstić information content (AvgIpc) is 2.71. The number of nitrogens with zero attached hydrogens (tertiary/aromatic N) is 2. The molecular formula is C22H25F2N3O. The molecule has 0 aromatic heterocycles. The van der Waals surface area contributed by atoms with Gasteiger partial charge >= 0.3 is 0 Å². The molecule has 2 aromatic rings. The fraction of sp³-hybridized carbons (Fsp3) is 0.318. The first-order valence-corrected chi connectivity index (χ1v) is 9.47. The number of hydrogen-bond acceptors (Lipinski definition) is 3. The summed E-state index contributed by atoms with van der Waals surface area (Å²) in [5, 5.41) is 2.66. The SMILES string of the molecule is CC(C(=O)Nc1ccc(F)c(F)c1)N1CCN(C/C=C/c2ccccc2)CC1. The Hall–Kier alpha value is -2.57. The molecule has 0 radical (unpaired) electrons. The number of nitrogens with one attached hydrogen (secondary N) is 1. The maximum atomic E-state index is 13.3. The molecule has 1 saturated heterocycles. The van der Waals surface area contributed by atoms with Gasteiger partial charge in [0, 0.05) is 44.5 Å². The highest BCUT2D eigenvalue weighted by molar-refractivity contribution is 5.94. The van der Waals surface area contributed by atoms with Crippen LogP contribution < -0.4 is 5.32 Å². The van der Waals surface area contributed by atoms with Gasteiger partial charge in [-0.2, -0.15) is 0 Å². The zero-order valence-corrected chi connectivity index (χ0v) is 15.9. The van der Waals surface area contributed by atoms with Gasteiger partial charge in [0.25, 0.3) is 0 Å². The summed E-state index contributed by atoms with van der Waals surface area (Å²) in [4.78, 5) is 16.9. The predicted octanol–water partition coefficient (Wildman–Crippen LogP) is 3.62. The number of piperazine rings is 1. The van der Waals surface area contributed by atoms with Crippen molar-refractivity contribution in [2.75, 3.05) is 38.0 Å². The van der Waals surface area contributed by atoms with Gasteiger partial charge in [-0.1, -0.05) is 42.5 Å². The van der Waals surface area contributed by atoms with Gasteiger partial charge < -0.3 is 5.32 Å². The number of carbonyl (C=O) groups excluding carboxylic acids is 1. The van der Waals surface area contributed by atoms with E-state index in [1.54, 1.807) is 0 Å². The summed E-state index contributed by atoms with van der Waals surface area (Å²) >= 11 is 0. The Bertz CT molecular complexity index is 818. The van der Waals surface area contributed by atoms with Crippen molar-refractivity contribution in [3.05, 3.63) is 71.8 Å². The fourth-order valence-corrected chi connectivity index (χ4v) is 3.22. The Kier molecular flexibility index (Phi) is 6.90. The molecule has 1 amide bonds. The minimum atomic E-state index is -0.970. The lowest BCUT2D eigenvalue weighted by atomic mass is 10.2. The molecule has 1 aliphatic rings. The number of hydrogen-bond donors (Lipinski definition) is 1. The molecule has 0 saturated carbocycles. The van der Waals surface area contributed by atoms with Gasteiger partial charge in [0.1, 0.15) is 0 Å². The molecular weight excluding hydrogens is 360 g/mol. The molecule has 148 valence electrons. The monoisotopic (exact) mass is 385 g/mol. The number of anilines is 1. The van der Waals surface area contributed by atoms with E-state index in [9.17, 15) is 13.6 Å². The standard InChI is InChI=1S/C22H25F2N3O/c1-17(22(28)25-19-9-10-20(23)21(24)16-19)27-14-12-26(13-15-27)11-5-8-18-6-3-2-4-7-18/h2-10,16-17H,11-15H2,1H3,(H,25,28)/b8-5+. The number of rotatable bonds is 6. The van der Waals surface area contributed by atoms with E-state index in [2.05, 4.69) is 39.4 Å². The summed E-state index contributed by atoms with van der Waals surface area (Å²) in [6.07, 6.45) is 4.27. The fourth-order valence-electron chi connectivity index (χ4n) is 3.22. The number of amides is 1. The average molecular weight is 385 g/mol. The maximum absolute atomic E-state index is 13.3. The van der Waals surface area contributed by atoms with Crippen molar-refractivity contribution >= 4 is 17.7 Å². The van der Waals surface area contributed by atoms with E-state index in [1.165, 1.54) is 11.6 Å². The van der Waals surface area contributed by atoms with Crippen LogP contribution >= 0.6 is 0 Å². The van der Waals surface area contributed by atoms with Crippen LogP contribution in [0.5, 0.6) is 0 Å². The van der Waals surface area contributed by atoms with Crippen molar-refractivity contribution in [3.8, 4) is 0 Å². The van der Waals surface area contributed by atoms with Crippen LogP contribution in [-0.4, -0.2) is 54.5 Å². The lowest BCUT2D eigenvalue weighted by Gasteiger charge is -2.37. The Morgan fingerprint density at radius 1 is 1.07 bits per heavy atom. The largest absolute Gasteiger partial charge is 0.325 e. The van der Waals surface area contributed by atoms with Crippen LogP contribution in [0.1, 0.15) is 12.5 Å². The summed E-state index contributed by atoms with van der Waals surface area (Å²) in [6.45, 7) is 6.03. The Balaban J connectivity index is 1.45. The summed E-state index contributed by atoms with van der Waals surface area (Å²) in [5.74, 6) is -2.12. The number of halogens is 2. The highest BCUT2D eigenvalue weighted by Gasteiger charge is 2.25. The van der Waals surface area contributed by atoms with Crippen molar-refractivity contribution < 1.29 is 13.6 Å². The first-order chi connectivity index (χ1) is 13.5. The summed E-state index contributed by atoms with van der Waals surface area (Å²) in [7, 11) is 0. The summed E-state index contributed by atoms with van der Waals surface area (Å²) < 4.78 is 26.3. The van der Waals surface area contributed by atoms with Gasteiger partial charge in [-0.15, -0.1) is 0 Å². The van der Waals surface area contributed by atoms with E-state index in [4.69, 9.17) is 0 Å². The number of benzene rings is 2. The molecule has 1 N–H and O–H groups in total. The lowest BCUT2D eigenvalue weighted by Crippen LogP contribution is -2.52. The molecule has 0 bridgehead atoms. The van der Waals surface area contributed by atoms with Gasteiger partial charge in [0.05, 0.1) is 6.04 Å². The quantitative estimate of drug-likeness (QED) is 0.825. The molecule has 1 heterocycles. The molecule has 1 unspecified atom stereocenters. The van der Waals surface area contributed by atoms with Crippen LogP contribution in [0.4, 0.5) is 14.5 Å². The molecule has 6 heteroatoms. The van der Waals surface area contributed by atoms with E-state index < -0.39 is 11.6 Å². The molecule has 0 spiro atoms. The zero-order chi connectivity index (χ0) is 19.9. The molecule has 28 heavy (non-hydrogen) atoms. The highest BCUT2D eigenvalue weighted by Crippen LogP contribution is 2.15. The maximum Gasteiger partial charge on any atom is 0.241 e. The normalized spacial score (nSPS) is 17.0. The van der Waals surface area contributed by atoms with Crippen LogP contribution in [0.15, 0.2) is 54.6 Å². The van der Waals surface area contributed by atoms with E-state index in [0.29, 0.717) is 0 Å². The third-order valence-electron chi connectivity index (χ3n) is 4.99. The zero-order valence-electron chi connectivity index (χ0n) is 15.9. The van der Waals surface area contributed by atoms with Crippen LogP contribution in [0.25, 0.3) is 6.08 Å². The van der Waals surface area contributed by atoms with Gasteiger partial charge in [-0.25, -0.2) is 8.78 Å². The first-order valence-electron chi connectivity index (χ1n) is 9.47. The number of carbonyl (C=O) groups is 1. The van der Waals surface area contributed by atoms with Crippen molar-refractivity contribution in [1.29, 1.82) is 0 Å². The molecule has 2 aromatic carbocycles. The van der Waals surface area contributed by atoms with E-state index >= 15 is 0 Å². The molecule has 1 atom stereocenters. The van der Waals surface area contributed by atoms with Gasteiger partial charge in [-0.3, -0.25) is 14.6 Å². The smallest absolute Gasteiger partial charge is 0.241 e. The molecule has 4 nitrogen and oxygen atoms in total. The third-order valence-corrected chi connectivity index (χ3v) is 4.99. The Labute approximate surface area is 164 Å². The van der Waals surface area contributed by atoms with Crippen molar-refractivity contribution in [2.24, 2.45) is 0 Å². The molecule has 1 fully saturated rings. The van der Waals surface area contributed by atoms with Gasteiger partial charge in [-0.05, 0) is 24.6 Å². The van der Waals surface area contributed by atoms with Crippen LogP contribution in [-0.2, 0) is 4.79 Å². The molecule has 3 rings (SSSR count).